The van der Waals surface area contributed by atoms with E-state index in [9.17, 15) is 19.5 Å². The molecule has 2 N–H and O–H groups in total. The van der Waals surface area contributed by atoms with Gasteiger partial charge < -0.3 is 20.2 Å². The highest BCUT2D eigenvalue weighted by Gasteiger charge is 2.50. The fraction of sp³-hybridized carbons (Fsp3) is 0.321. The number of thiophene rings is 1. The number of amides is 4. The van der Waals surface area contributed by atoms with Gasteiger partial charge >= 0.3 is 6.03 Å². The van der Waals surface area contributed by atoms with Crippen molar-refractivity contribution < 1.29 is 19.5 Å². The van der Waals surface area contributed by atoms with Crippen LogP contribution in [0.2, 0.25) is 0 Å². The zero-order valence-electron chi connectivity index (χ0n) is 21.2. The highest BCUT2D eigenvalue weighted by atomic mass is 32.1. The third-order valence-electron chi connectivity index (χ3n) is 7.01. The SMILES string of the molecule is CN1CC(=O)N2C(Cc3ccc(O)cc3)C(=O)N(CCc3cccs3)CC2N1C(=O)NCc1ccccc1. The van der Waals surface area contributed by atoms with Crippen LogP contribution in [-0.4, -0.2) is 81.7 Å². The van der Waals surface area contributed by atoms with Crippen LogP contribution >= 0.6 is 11.3 Å². The molecule has 0 spiro atoms. The maximum atomic E-state index is 13.8. The molecule has 2 aliphatic heterocycles. The van der Waals surface area contributed by atoms with Gasteiger partial charge in [-0.1, -0.05) is 48.5 Å². The Balaban J connectivity index is 1.42. The van der Waals surface area contributed by atoms with Crippen LogP contribution in [0.25, 0.3) is 0 Å². The van der Waals surface area contributed by atoms with Crippen molar-refractivity contribution >= 4 is 29.2 Å². The average Bonchev–Trinajstić information content (AvgIpc) is 3.43. The average molecular weight is 534 g/mol. The second-order valence-electron chi connectivity index (χ2n) is 9.59. The molecule has 3 aromatic rings. The summed E-state index contributed by atoms with van der Waals surface area (Å²) in [4.78, 5) is 45.1. The number of aromatic hydroxyl groups is 1. The van der Waals surface area contributed by atoms with Crippen molar-refractivity contribution in [2.45, 2.75) is 31.6 Å². The first-order valence-electron chi connectivity index (χ1n) is 12.6. The summed E-state index contributed by atoms with van der Waals surface area (Å²) in [6.45, 7) is 1.06. The molecule has 9 nitrogen and oxygen atoms in total. The lowest BCUT2D eigenvalue weighted by Gasteiger charge is -2.54. The smallest absolute Gasteiger partial charge is 0.334 e. The molecule has 2 saturated heterocycles. The Morgan fingerprint density at radius 3 is 2.50 bits per heavy atom. The van der Waals surface area contributed by atoms with Gasteiger partial charge in [0.05, 0.1) is 13.1 Å². The molecule has 3 heterocycles. The number of fused-ring (bicyclic) bond motifs is 1. The number of likely N-dealkylation sites (N-methyl/N-ethyl adjacent to an activating group) is 1. The standard InChI is InChI=1S/C28H31N5O4S/c1-30-19-26(35)32-24(16-20-9-11-22(34)12-10-20)27(36)31(14-13-23-8-5-15-38-23)18-25(32)33(30)28(37)29-17-21-6-3-2-4-7-21/h2-12,15,24-25,34H,13-14,16-19H2,1H3,(H,29,37). The quantitative estimate of drug-likeness (QED) is 0.487. The van der Waals surface area contributed by atoms with Crippen molar-refractivity contribution in [3.63, 3.8) is 0 Å². The first-order valence-corrected chi connectivity index (χ1v) is 13.5. The van der Waals surface area contributed by atoms with Crippen molar-refractivity contribution in [2.75, 3.05) is 26.7 Å². The van der Waals surface area contributed by atoms with Crippen LogP contribution in [-0.2, 0) is 29.0 Å². The van der Waals surface area contributed by atoms with E-state index >= 15 is 0 Å². The van der Waals surface area contributed by atoms with E-state index in [-0.39, 0.29) is 36.7 Å². The van der Waals surface area contributed by atoms with Gasteiger partial charge in [0.1, 0.15) is 18.0 Å². The lowest BCUT2D eigenvalue weighted by atomic mass is 9.98. The fourth-order valence-electron chi connectivity index (χ4n) is 5.12. The molecular formula is C28H31N5O4S. The largest absolute Gasteiger partial charge is 0.508 e. The molecule has 0 radical (unpaired) electrons. The Morgan fingerprint density at radius 1 is 1.03 bits per heavy atom. The van der Waals surface area contributed by atoms with E-state index in [1.807, 2.05) is 47.8 Å². The number of urea groups is 1. The van der Waals surface area contributed by atoms with Crippen LogP contribution < -0.4 is 5.32 Å². The first kappa shape index (κ1) is 25.7. The third kappa shape index (κ3) is 5.51. The summed E-state index contributed by atoms with van der Waals surface area (Å²) in [6.07, 6.45) is 0.353. The summed E-state index contributed by atoms with van der Waals surface area (Å²) >= 11 is 1.64. The number of rotatable bonds is 7. The van der Waals surface area contributed by atoms with Crippen molar-refractivity contribution in [1.29, 1.82) is 0 Å². The van der Waals surface area contributed by atoms with Crippen LogP contribution in [0, 0.1) is 0 Å². The van der Waals surface area contributed by atoms with Gasteiger partial charge in [-0.15, -0.1) is 11.3 Å². The Bertz CT molecular complexity index is 1270. The van der Waals surface area contributed by atoms with Crippen LogP contribution in [0.15, 0.2) is 72.1 Å². The zero-order chi connectivity index (χ0) is 26.6. The predicted octanol–water partition coefficient (Wildman–Crippen LogP) is 2.68. The van der Waals surface area contributed by atoms with E-state index in [2.05, 4.69) is 5.32 Å². The number of carbonyl (C=O) groups excluding carboxylic acids is 3. The first-order chi connectivity index (χ1) is 18.4. The van der Waals surface area contributed by atoms with Crippen molar-refractivity contribution in [1.82, 2.24) is 25.1 Å². The molecule has 198 valence electrons. The van der Waals surface area contributed by atoms with Crippen LogP contribution in [0.3, 0.4) is 0 Å². The number of benzene rings is 2. The van der Waals surface area contributed by atoms with Crippen LogP contribution in [0.5, 0.6) is 5.75 Å². The van der Waals surface area contributed by atoms with Gasteiger partial charge in [0.2, 0.25) is 11.8 Å². The van der Waals surface area contributed by atoms with Gasteiger partial charge in [0.15, 0.2) is 0 Å². The van der Waals surface area contributed by atoms with Crippen LogP contribution in [0.4, 0.5) is 4.79 Å². The van der Waals surface area contributed by atoms with Gasteiger partial charge in [0.25, 0.3) is 0 Å². The number of nitrogens with one attached hydrogen (secondary N) is 1. The van der Waals surface area contributed by atoms with Gasteiger partial charge in [-0.3, -0.25) is 9.59 Å². The second-order valence-corrected chi connectivity index (χ2v) is 10.6. The Labute approximate surface area is 225 Å². The monoisotopic (exact) mass is 533 g/mol. The molecule has 2 fully saturated rings. The minimum absolute atomic E-state index is 0.0101. The number of piperazine rings is 1. The molecular weight excluding hydrogens is 502 g/mol. The highest BCUT2D eigenvalue weighted by molar-refractivity contribution is 7.09. The number of nitrogens with zero attached hydrogens (tertiary/aromatic N) is 4. The maximum absolute atomic E-state index is 13.8. The van der Waals surface area contributed by atoms with E-state index in [1.165, 1.54) is 4.88 Å². The van der Waals surface area contributed by atoms with E-state index < -0.39 is 12.2 Å². The summed E-state index contributed by atoms with van der Waals surface area (Å²) < 4.78 is 0. The number of phenols is 1. The molecule has 2 unspecified atom stereocenters. The second kappa shape index (κ2) is 11.2. The lowest BCUT2D eigenvalue weighted by Crippen LogP contribution is -2.76. The van der Waals surface area contributed by atoms with Gasteiger partial charge in [-0.05, 0) is 41.1 Å². The number of carbonyl (C=O) groups is 3. The highest BCUT2D eigenvalue weighted by Crippen LogP contribution is 2.28. The number of phenolic OH excluding ortho intramolecular Hbond substituents is 1. The molecule has 38 heavy (non-hydrogen) atoms. The Hall–Kier alpha value is -3.89. The Kier molecular flexibility index (Phi) is 7.62. The number of hydrazine groups is 1. The molecule has 2 aromatic carbocycles. The summed E-state index contributed by atoms with van der Waals surface area (Å²) in [6, 6.07) is 19.2. The van der Waals surface area contributed by atoms with Gasteiger partial charge in [0, 0.05) is 31.4 Å². The summed E-state index contributed by atoms with van der Waals surface area (Å²) in [5, 5.41) is 17.9. The molecule has 2 aliphatic rings. The maximum Gasteiger partial charge on any atom is 0.334 e. The lowest BCUT2D eigenvalue weighted by molar-refractivity contribution is -0.186. The summed E-state index contributed by atoms with van der Waals surface area (Å²) in [5.74, 6) is -0.191. The number of hydrogen-bond donors (Lipinski definition) is 2. The third-order valence-corrected chi connectivity index (χ3v) is 7.94. The molecule has 0 aliphatic carbocycles. The fourth-order valence-corrected chi connectivity index (χ4v) is 5.81. The van der Waals surface area contributed by atoms with E-state index in [1.54, 1.807) is 62.5 Å². The summed E-state index contributed by atoms with van der Waals surface area (Å²) in [5.41, 5.74) is 1.79. The molecule has 5 rings (SSSR count). The Morgan fingerprint density at radius 2 is 1.79 bits per heavy atom. The minimum atomic E-state index is -0.757. The molecule has 2 atom stereocenters. The van der Waals surface area contributed by atoms with E-state index in [4.69, 9.17) is 0 Å². The predicted molar refractivity (Wildman–Crippen MR) is 144 cm³/mol. The molecule has 10 heteroatoms. The summed E-state index contributed by atoms with van der Waals surface area (Å²) in [7, 11) is 1.72. The van der Waals surface area contributed by atoms with E-state index in [0.717, 1.165) is 11.1 Å². The minimum Gasteiger partial charge on any atom is -0.508 e. The van der Waals surface area contributed by atoms with E-state index in [0.29, 0.717) is 25.9 Å². The molecule has 0 bridgehead atoms. The van der Waals surface area contributed by atoms with Gasteiger partial charge in [-0.25, -0.2) is 14.8 Å². The molecule has 0 saturated carbocycles. The van der Waals surface area contributed by atoms with Crippen molar-refractivity contribution in [3.05, 3.63) is 88.1 Å². The molecule has 1 aromatic heterocycles. The van der Waals surface area contributed by atoms with Crippen molar-refractivity contribution in [2.24, 2.45) is 0 Å². The van der Waals surface area contributed by atoms with Crippen LogP contribution in [0.1, 0.15) is 16.0 Å². The normalized spacial score (nSPS) is 20.0. The number of hydrogen-bond acceptors (Lipinski definition) is 6. The zero-order valence-corrected chi connectivity index (χ0v) is 22.0. The molecule has 4 amide bonds. The van der Waals surface area contributed by atoms with Crippen molar-refractivity contribution in [3.8, 4) is 5.75 Å². The van der Waals surface area contributed by atoms with Gasteiger partial charge in [-0.2, -0.15) is 0 Å². The topological polar surface area (TPSA) is 96.4 Å².